The maximum Gasteiger partial charge on any atom is 0.321 e. The minimum Gasteiger partial charge on any atom is -0.440 e. The fourth-order valence-electron chi connectivity index (χ4n) is 2.37. The summed E-state index contributed by atoms with van der Waals surface area (Å²) in [4.78, 5) is 17.8. The Balaban J connectivity index is 1.75. The number of aliphatic hydroxyl groups excluding tert-OH is 1. The van der Waals surface area contributed by atoms with Crippen LogP contribution in [0.2, 0.25) is 0 Å². The number of fused-ring (bicyclic) bond motifs is 1. The van der Waals surface area contributed by atoms with Gasteiger partial charge in [-0.05, 0) is 17.7 Å². The van der Waals surface area contributed by atoms with E-state index in [9.17, 15) is 4.79 Å². The predicted octanol–water partition coefficient (Wildman–Crippen LogP) is 2.87. The first kappa shape index (κ1) is 16.0. The molecule has 6 nitrogen and oxygen atoms in total. The number of hydrogen-bond donors (Lipinski definition) is 2. The molecule has 3 rings (SSSR count). The molecule has 3 aromatic rings. The lowest BCUT2D eigenvalue weighted by Crippen LogP contribution is -2.33. The summed E-state index contributed by atoms with van der Waals surface area (Å²) in [5.74, 6) is 0.636. The fourth-order valence-corrected chi connectivity index (χ4v) is 2.37. The van der Waals surface area contributed by atoms with Crippen LogP contribution in [0.15, 0.2) is 52.9 Å². The SMILES string of the molecule is CN(CCO)C(=O)Nc1ccc2nc(Cc3ccccc3)oc2c1. The van der Waals surface area contributed by atoms with Gasteiger partial charge in [-0.15, -0.1) is 0 Å². The minimum absolute atomic E-state index is 0.0755. The number of rotatable bonds is 5. The van der Waals surface area contributed by atoms with Crippen LogP contribution in [0.3, 0.4) is 0 Å². The van der Waals surface area contributed by atoms with E-state index in [0.29, 0.717) is 23.6 Å². The Bertz CT molecular complexity index is 830. The number of hydrogen-bond acceptors (Lipinski definition) is 4. The predicted molar refractivity (Wildman–Crippen MR) is 92.0 cm³/mol. The van der Waals surface area contributed by atoms with Crippen molar-refractivity contribution in [2.45, 2.75) is 6.42 Å². The molecule has 0 spiro atoms. The van der Waals surface area contributed by atoms with Gasteiger partial charge in [-0.25, -0.2) is 9.78 Å². The zero-order valence-electron chi connectivity index (χ0n) is 13.4. The first-order valence-electron chi connectivity index (χ1n) is 7.72. The normalized spacial score (nSPS) is 10.8. The largest absolute Gasteiger partial charge is 0.440 e. The monoisotopic (exact) mass is 325 g/mol. The van der Waals surface area contributed by atoms with Crippen LogP contribution in [0.1, 0.15) is 11.5 Å². The Morgan fingerprint density at radius 1 is 1.25 bits per heavy atom. The zero-order valence-corrected chi connectivity index (χ0v) is 13.4. The van der Waals surface area contributed by atoms with Gasteiger partial charge in [0.25, 0.3) is 0 Å². The molecule has 6 heteroatoms. The van der Waals surface area contributed by atoms with Crippen LogP contribution in [0.25, 0.3) is 11.1 Å². The maximum absolute atomic E-state index is 11.9. The van der Waals surface area contributed by atoms with Crippen molar-refractivity contribution < 1.29 is 14.3 Å². The first-order valence-corrected chi connectivity index (χ1v) is 7.72. The van der Waals surface area contributed by atoms with E-state index in [2.05, 4.69) is 10.3 Å². The Morgan fingerprint density at radius 3 is 2.79 bits per heavy atom. The van der Waals surface area contributed by atoms with Gasteiger partial charge in [0, 0.05) is 31.8 Å². The van der Waals surface area contributed by atoms with Gasteiger partial charge in [0.15, 0.2) is 11.5 Å². The molecule has 0 aliphatic heterocycles. The lowest BCUT2D eigenvalue weighted by atomic mass is 10.1. The highest BCUT2D eigenvalue weighted by Gasteiger charge is 2.11. The average Bonchev–Trinajstić information content (AvgIpc) is 2.97. The van der Waals surface area contributed by atoms with Crippen molar-refractivity contribution >= 4 is 22.8 Å². The van der Waals surface area contributed by atoms with Gasteiger partial charge < -0.3 is 19.7 Å². The molecule has 2 aromatic carbocycles. The molecule has 2 amide bonds. The van der Waals surface area contributed by atoms with E-state index in [1.165, 1.54) is 4.90 Å². The van der Waals surface area contributed by atoms with Crippen LogP contribution in [-0.4, -0.2) is 41.2 Å². The number of aliphatic hydroxyl groups is 1. The number of nitrogens with zero attached hydrogens (tertiary/aromatic N) is 2. The second-order valence-corrected chi connectivity index (χ2v) is 5.53. The number of carbonyl (C=O) groups is 1. The summed E-state index contributed by atoms with van der Waals surface area (Å²) in [6, 6.07) is 15.0. The summed E-state index contributed by atoms with van der Waals surface area (Å²) in [5.41, 5.74) is 3.13. The molecule has 2 N–H and O–H groups in total. The number of amides is 2. The third-order valence-corrected chi connectivity index (χ3v) is 3.66. The van der Waals surface area contributed by atoms with Crippen molar-refractivity contribution in [2.75, 3.05) is 25.5 Å². The highest BCUT2D eigenvalue weighted by Crippen LogP contribution is 2.22. The van der Waals surface area contributed by atoms with Gasteiger partial charge in [0.1, 0.15) is 5.52 Å². The average molecular weight is 325 g/mol. The van der Waals surface area contributed by atoms with E-state index in [1.807, 2.05) is 36.4 Å². The highest BCUT2D eigenvalue weighted by atomic mass is 16.3. The lowest BCUT2D eigenvalue weighted by Gasteiger charge is -2.16. The lowest BCUT2D eigenvalue weighted by molar-refractivity contribution is 0.202. The number of anilines is 1. The van der Waals surface area contributed by atoms with Crippen molar-refractivity contribution in [1.82, 2.24) is 9.88 Å². The minimum atomic E-state index is -0.285. The summed E-state index contributed by atoms with van der Waals surface area (Å²) in [7, 11) is 1.62. The van der Waals surface area contributed by atoms with Gasteiger partial charge >= 0.3 is 6.03 Å². The number of carbonyl (C=O) groups excluding carboxylic acids is 1. The smallest absolute Gasteiger partial charge is 0.321 e. The van der Waals surface area contributed by atoms with E-state index in [1.54, 1.807) is 19.2 Å². The molecule has 124 valence electrons. The van der Waals surface area contributed by atoms with Gasteiger partial charge in [0.05, 0.1) is 6.61 Å². The van der Waals surface area contributed by atoms with Gasteiger partial charge in [0.2, 0.25) is 0 Å². The van der Waals surface area contributed by atoms with Crippen LogP contribution in [0, 0.1) is 0 Å². The number of aromatic nitrogens is 1. The van der Waals surface area contributed by atoms with E-state index < -0.39 is 0 Å². The Hall–Kier alpha value is -2.86. The van der Waals surface area contributed by atoms with Crippen LogP contribution in [0.5, 0.6) is 0 Å². The van der Waals surface area contributed by atoms with Crippen molar-refractivity contribution in [3.63, 3.8) is 0 Å². The van der Waals surface area contributed by atoms with Crippen molar-refractivity contribution in [3.05, 3.63) is 60.0 Å². The van der Waals surface area contributed by atoms with Crippen molar-refractivity contribution in [1.29, 1.82) is 0 Å². The fraction of sp³-hybridized carbons (Fsp3) is 0.222. The quantitative estimate of drug-likeness (QED) is 0.756. The first-order chi connectivity index (χ1) is 11.7. The van der Waals surface area contributed by atoms with E-state index in [4.69, 9.17) is 9.52 Å². The molecular weight excluding hydrogens is 306 g/mol. The second kappa shape index (κ2) is 7.14. The molecule has 0 aliphatic rings. The molecule has 0 fully saturated rings. The number of oxazole rings is 1. The van der Waals surface area contributed by atoms with Gasteiger partial charge in [-0.3, -0.25) is 0 Å². The van der Waals surface area contributed by atoms with Gasteiger partial charge in [-0.2, -0.15) is 0 Å². The topological polar surface area (TPSA) is 78.6 Å². The highest BCUT2D eigenvalue weighted by molar-refractivity contribution is 5.91. The third-order valence-electron chi connectivity index (χ3n) is 3.66. The number of benzene rings is 2. The van der Waals surface area contributed by atoms with Crippen molar-refractivity contribution in [2.24, 2.45) is 0 Å². The van der Waals surface area contributed by atoms with E-state index >= 15 is 0 Å². The van der Waals surface area contributed by atoms with Gasteiger partial charge in [-0.1, -0.05) is 30.3 Å². The van der Waals surface area contributed by atoms with E-state index in [0.717, 1.165) is 11.1 Å². The molecule has 0 bridgehead atoms. The molecular formula is C18H19N3O3. The number of urea groups is 1. The number of likely N-dealkylation sites (N-methyl/N-ethyl adjacent to an activating group) is 1. The molecule has 0 saturated heterocycles. The third kappa shape index (κ3) is 3.72. The second-order valence-electron chi connectivity index (χ2n) is 5.53. The molecule has 0 atom stereocenters. The summed E-state index contributed by atoms with van der Waals surface area (Å²) in [6.07, 6.45) is 0.621. The molecule has 0 unspecified atom stereocenters. The van der Waals surface area contributed by atoms with Crippen LogP contribution < -0.4 is 5.32 Å². The van der Waals surface area contributed by atoms with E-state index in [-0.39, 0.29) is 19.2 Å². The van der Waals surface area contributed by atoms with Crippen LogP contribution in [-0.2, 0) is 6.42 Å². The molecule has 1 aromatic heterocycles. The number of nitrogens with one attached hydrogen (secondary N) is 1. The standard InChI is InChI=1S/C18H19N3O3/c1-21(9-10-22)18(23)19-14-7-8-15-16(12-14)24-17(20-15)11-13-5-3-2-4-6-13/h2-8,12,22H,9-11H2,1H3,(H,19,23). The molecule has 24 heavy (non-hydrogen) atoms. The summed E-state index contributed by atoms with van der Waals surface area (Å²) in [6.45, 7) is 0.200. The zero-order chi connectivity index (χ0) is 16.9. The summed E-state index contributed by atoms with van der Waals surface area (Å²) >= 11 is 0. The Labute approximate surface area is 139 Å². The van der Waals surface area contributed by atoms with Crippen LogP contribution >= 0.6 is 0 Å². The molecule has 0 saturated carbocycles. The summed E-state index contributed by atoms with van der Waals surface area (Å²) in [5, 5.41) is 11.6. The Morgan fingerprint density at radius 2 is 2.04 bits per heavy atom. The maximum atomic E-state index is 11.9. The van der Waals surface area contributed by atoms with Crippen LogP contribution in [0.4, 0.5) is 10.5 Å². The summed E-state index contributed by atoms with van der Waals surface area (Å²) < 4.78 is 5.79. The molecule has 1 heterocycles. The molecule has 0 aliphatic carbocycles. The molecule has 0 radical (unpaired) electrons. The van der Waals surface area contributed by atoms with Crippen molar-refractivity contribution in [3.8, 4) is 0 Å². The Kier molecular flexibility index (Phi) is 4.77.